The molecular formula is C52H66N8O5. The summed E-state index contributed by atoms with van der Waals surface area (Å²) in [5.74, 6) is 2.76. The summed E-state index contributed by atoms with van der Waals surface area (Å²) in [4.78, 5) is 62.2. The highest BCUT2D eigenvalue weighted by molar-refractivity contribution is 5.87. The van der Waals surface area contributed by atoms with Crippen LogP contribution in [0.15, 0.2) is 61.3 Å². The first kappa shape index (κ1) is 43.3. The molecule has 1 spiro atoms. The summed E-state index contributed by atoms with van der Waals surface area (Å²) in [5.41, 5.74) is 9.81. The molecule has 10 rings (SSSR count). The number of ether oxygens (including phenoxy) is 2. The highest BCUT2D eigenvalue weighted by Crippen LogP contribution is 2.56. The molecule has 2 saturated heterocycles. The van der Waals surface area contributed by atoms with Gasteiger partial charge in [0.15, 0.2) is 5.88 Å². The average molecular weight is 883 g/mol. The minimum Gasteiger partial charge on any atom is -0.483 e. The molecule has 8 atom stereocenters. The van der Waals surface area contributed by atoms with Gasteiger partial charge in [-0.15, -0.1) is 0 Å². The number of aromatic amines is 2. The van der Waals surface area contributed by atoms with Crippen LogP contribution in [0.2, 0.25) is 0 Å². The Bertz CT molecular complexity index is 2470. The van der Waals surface area contributed by atoms with E-state index < -0.39 is 18.2 Å². The lowest BCUT2D eigenvalue weighted by molar-refractivity contribution is -0.140. The lowest BCUT2D eigenvalue weighted by Gasteiger charge is -2.38. The molecule has 344 valence electrons. The number of H-pyrrole nitrogens is 2. The third-order valence-corrected chi connectivity index (χ3v) is 16.4. The summed E-state index contributed by atoms with van der Waals surface area (Å²) < 4.78 is 10.2. The van der Waals surface area contributed by atoms with Gasteiger partial charge < -0.3 is 39.9 Å². The van der Waals surface area contributed by atoms with Crippen LogP contribution in [0.4, 0.5) is 4.79 Å². The highest BCUT2D eigenvalue weighted by Gasteiger charge is 2.53. The molecule has 0 radical (unpaired) electrons. The summed E-state index contributed by atoms with van der Waals surface area (Å²) in [6.45, 7) is 12.0. The largest absolute Gasteiger partial charge is 0.483 e. The van der Waals surface area contributed by atoms with Crippen molar-refractivity contribution in [3.05, 3.63) is 84.0 Å². The van der Waals surface area contributed by atoms with Gasteiger partial charge in [0.1, 0.15) is 23.7 Å². The Hall–Kier alpha value is -5.59. The zero-order valence-corrected chi connectivity index (χ0v) is 38.9. The molecule has 65 heavy (non-hydrogen) atoms. The fourth-order valence-corrected chi connectivity index (χ4v) is 13.2. The highest BCUT2D eigenvalue weighted by atomic mass is 16.5. The van der Waals surface area contributed by atoms with Gasteiger partial charge in [-0.3, -0.25) is 9.59 Å². The quantitative estimate of drug-likeness (QED) is 0.0969. The maximum Gasteiger partial charge on any atom is 0.407 e. The van der Waals surface area contributed by atoms with Crippen molar-refractivity contribution >= 4 is 17.9 Å². The predicted octanol–water partition coefficient (Wildman–Crippen LogP) is 9.11. The number of rotatable bonds is 13. The van der Waals surface area contributed by atoms with Gasteiger partial charge in [0.25, 0.3) is 0 Å². The van der Waals surface area contributed by atoms with E-state index in [1.54, 1.807) is 7.11 Å². The van der Waals surface area contributed by atoms with E-state index in [0.29, 0.717) is 17.7 Å². The second kappa shape index (κ2) is 17.0. The van der Waals surface area contributed by atoms with E-state index in [2.05, 4.69) is 82.3 Å². The number of imidazole rings is 2. The van der Waals surface area contributed by atoms with E-state index in [-0.39, 0.29) is 53.2 Å². The normalized spacial score (nSPS) is 25.7. The monoisotopic (exact) mass is 883 g/mol. The number of fused-ring (bicyclic) bond motifs is 6. The van der Waals surface area contributed by atoms with Crippen molar-refractivity contribution in [3.63, 3.8) is 0 Å². The molecule has 13 nitrogen and oxygen atoms in total. The zero-order valence-electron chi connectivity index (χ0n) is 38.9. The van der Waals surface area contributed by atoms with Gasteiger partial charge in [0.2, 0.25) is 11.8 Å². The second-order valence-electron chi connectivity index (χ2n) is 20.6. The Balaban J connectivity index is 0.923. The van der Waals surface area contributed by atoms with E-state index in [1.165, 1.54) is 60.6 Å². The van der Waals surface area contributed by atoms with E-state index in [4.69, 9.17) is 19.4 Å². The van der Waals surface area contributed by atoms with Gasteiger partial charge in [-0.25, -0.2) is 14.8 Å². The van der Waals surface area contributed by atoms with Crippen LogP contribution < -0.4 is 10.6 Å². The molecule has 6 aliphatic rings. The van der Waals surface area contributed by atoms with Crippen molar-refractivity contribution in [3.8, 4) is 33.6 Å². The van der Waals surface area contributed by atoms with Gasteiger partial charge in [-0.05, 0) is 128 Å². The number of carbonyl (C=O) groups excluding carboxylic acids is 3. The molecule has 0 unspecified atom stereocenters. The predicted molar refractivity (Wildman–Crippen MR) is 249 cm³/mol. The molecule has 3 saturated carbocycles. The fraction of sp³-hybridized carbons (Fsp3) is 0.558. The van der Waals surface area contributed by atoms with Gasteiger partial charge in [-0.2, -0.15) is 0 Å². The molecule has 4 aliphatic carbocycles. The van der Waals surface area contributed by atoms with Crippen molar-refractivity contribution in [2.45, 2.75) is 146 Å². The third kappa shape index (κ3) is 7.41. The van der Waals surface area contributed by atoms with Crippen molar-refractivity contribution in [1.82, 2.24) is 40.4 Å². The van der Waals surface area contributed by atoms with E-state index >= 15 is 0 Å². The van der Waals surface area contributed by atoms with Gasteiger partial charge >= 0.3 is 6.09 Å². The number of aromatic nitrogens is 4. The number of benzene rings is 2. The molecule has 4 heterocycles. The van der Waals surface area contributed by atoms with Crippen molar-refractivity contribution in [1.29, 1.82) is 0 Å². The van der Waals surface area contributed by atoms with Crippen LogP contribution >= 0.6 is 0 Å². The topological polar surface area (TPSA) is 158 Å². The van der Waals surface area contributed by atoms with Gasteiger partial charge in [0, 0.05) is 17.6 Å². The van der Waals surface area contributed by atoms with Crippen LogP contribution in [0.1, 0.15) is 133 Å². The SMILES string of the molecule is C=C(N[C@H](C(=O)N1[C@@H]2CC[C@@H](C2)[C@H]1c1ncc(-c2ccc(-c3ccc(-c4cnc([C@@H]5[C@H]6CC[C@H](C6)N5C(=O)[C@@H](NC(=O)OC)C(C)C)[nH]4)c4c3C3(CCCC3)CC4)cc2)[nH]1)C(C)C)OC. The van der Waals surface area contributed by atoms with Crippen molar-refractivity contribution < 1.29 is 23.9 Å². The number of likely N-dealkylation sites (tertiary alicyclic amines) is 2. The van der Waals surface area contributed by atoms with E-state index in [0.717, 1.165) is 80.0 Å². The number of hydrogen-bond donors (Lipinski definition) is 4. The first-order valence-corrected chi connectivity index (χ1v) is 24.2. The Morgan fingerprint density at radius 3 is 1.82 bits per heavy atom. The molecule has 5 fully saturated rings. The Morgan fingerprint density at radius 2 is 1.25 bits per heavy atom. The minimum atomic E-state index is -0.674. The number of nitrogens with one attached hydrogen (secondary N) is 4. The van der Waals surface area contributed by atoms with Crippen LogP contribution in [-0.4, -0.2) is 86.0 Å². The van der Waals surface area contributed by atoms with Gasteiger partial charge in [0.05, 0.1) is 50.1 Å². The van der Waals surface area contributed by atoms with Crippen LogP contribution in [0.25, 0.3) is 33.6 Å². The molecular weight excluding hydrogens is 817 g/mol. The van der Waals surface area contributed by atoms with Crippen molar-refractivity contribution in [2.24, 2.45) is 23.7 Å². The molecule has 4 bridgehead atoms. The summed E-state index contributed by atoms with van der Waals surface area (Å²) in [6.07, 6.45) is 16.5. The summed E-state index contributed by atoms with van der Waals surface area (Å²) in [6, 6.07) is 12.5. The number of hydrogen-bond acceptors (Lipinski definition) is 8. The van der Waals surface area contributed by atoms with E-state index in [9.17, 15) is 14.4 Å². The van der Waals surface area contributed by atoms with Crippen molar-refractivity contribution in [2.75, 3.05) is 14.2 Å². The standard InChI is InChI=1S/C52H66N8O5/c1-28(2)43(55-30(5)64-6)49(61)59-35-16-14-33(24-35)45(59)47-53-26-40(56-47)32-12-10-31(11-13-32)37-18-19-38(39-20-23-52(42(37)39)21-8-9-22-52)41-27-54-48(57-41)46-34-15-17-36(25-34)60(46)50(62)44(29(3)4)58-51(63)65-7/h10-13,18-19,26-29,33-36,43-46,55H,5,8-9,14-17,20-25H2,1-4,6-7H3,(H,53,56)(H,54,57)(H,58,63)/t33-,34-,35+,36+,43-,44-,45-,46-/m0/s1. The average Bonchev–Trinajstić information content (AvgIpc) is 4.18. The molecule has 4 aromatic rings. The first-order valence-electron chi connectivity index (χ1n) is 24.2. The molecule has 2 aromatic heterocycles. The number of alkyl carbamates (subject to hydrolysis) is 1. The van der Waals surface area contributed by atoms with Gasteiger partial charge in [-0.1, -0.05) is 76.9 Å². The summed E-state index contributed by atoms with van der Waals surface area (Å²) in [7, 11) is 2.90. The molecule has 13 heteroatoms. The van der Waals surface area contributed by atoms with Crippen LogP contribution in [-0.2, 0) is 30.9 Å². The minimum absolute atomic E-state index is 0.0590. The van der Waals surface area contributed by atoms with E-state index in [1.807, 2.05) is 31.1 Å². The zero-order chi connectivity index (χ0) is 45.3. The Morgan fingerprint density at radius 1 is 0.708 bits per heavy atom. The lowest BCUT2D eigenvalue weighted by Crippen LogP contribution is -2.54. The fourth-order valence-electron chi connectivity index (χ4n) is 13.2. The molecule has 3 amide bonds. The molecule has 4 N–H and O–H groups in total. The summed E-state index contributed by atoms with van der Waals surface area (Å²) in [5, 5.41) is 6.05. The number of nitrogens with zero attached hydrogens (tertiary/aromatic N) is 4. The number of carbonyl (C=O) groups is 3. The summed E-state index contributed by atoms with van der Waals surface area (Å²) >= 11 is 0. The lowest BCUT2D eigenvalue weighted by atomic mass is 9.76. The van der Waals surface area contributed by atoms with Crippen LogP contribution in [0.3, 0.4) is 0 Å². The maximum absolute atomic E-state index is 14.2. The van der Waals surface area contributed by atoms with Crippen LogP contribution in [0.5, 0.6) is 0 Å². The molecule has 2 aliphatic heterocycles. The number of amides is 3. The second-order valence-corrected chi connectivity index (χ2v) is 20.6. The first-order chi connectivity index (χ1) is 31.4. The van der Waals surface area contributed by atoms with Crippen LogP contribution in [0, 0.1) is 23.7 Å². The Kier molecular flexibility index (Phi) is 11.3. The number of piperidine rings is 2. The number of methoxy groups -OCH3 is 2. The third-order valence-electron chi connectivity index (χ3n) is 16.4. The maximum atomic E-state index is 14.2. The molecule has 2 aromatic carbocycles. The Labute approximate surface area is 382 Å². The smallest absolute Gasteiger partial charge is 0.407 e.